The number of rotatable bonds is 4. The third-order valence-electron chi connectivity index (χ3n) is 3.23. The Hall–Kier alpha value is -0.940. The number of hydrogen-bond acceptors (Lipinski definition) is 5. The van der Waals surface area contributed by atoms with Crippen LogP contribution >= 0.6 is 0 Å². The van der Waals surface area contributed by atoms with Gasteiger partial charge in [0.05, 0.1) is 6.54 Å². The van der Waals surface area contributed by atoms with Gasteiger partial charge in [0, 0.05) is 25.6 Å². The van der Waals surface area contributed by atoms with Gasteiger partial charge in [-0.15, -0.1) is 0 Å². The standard InChI is InChI=1S/C13H24N4O/c1-9(2)4-12-15-13(18-16-12)8-17-6-10(3)5-11(14)7-17/h9-11H,4-8,14H2,1-3H3. The highest BCUT2D eigenvalue weighted by Crippen LogP contribution is 2.17. The minimum Gasteiger partial charge on any atom is -0.338 e. The zero-order valence-electron chi connectivity index (χ0n) is 11.6. The van der Waals surface area contributed by atoms with Crippen LogP contribution in [0, 0.1) is 11.8 Å². The maximum atomic E-state index is 6.03. The molecule has 1 saturated heterocycles. The summed E-state index contributed by atoms with van der Waals surface area (Å²) in [7, 11) is 0. The largest absolute Gasteiger partial charge is 0.338 e. The van der Waals surface area contributed by atoms with Gasteiger partial charge in [0.2, 0.25) is 5.89 Å². The van der Waals surface area contributed by atoms with E-state index in [0.717, 1.165) is 38.3 Å². The molecule has 2 heterocycles. The molecule has 1 fully saturated rings. The average Bonchev–Trinajstić information content (AvgIpc) is 2.62. The molecule has 0 spiro atoms. The maximum absolute atomic E-state index is 6.03. The van der Waals surface area contributed by atoms with Crippen molar-refractivity contribution in [2.24, 2.45) is 17.6 Å². The van der Waals surface area contributed by atoms with E-state index in [9.17, 15) is 0 Å². The maximum Gasteiger partial charge on any atom is 0.240 e. The highest BCUT2D eigenvalue weighted by Gasteiger charge is 2.23. The monoisotopic (exact) mass is 252 g/mol. The lowest BCUT2D eigenvalue weighted by atomic mass is 9.97. The molecule has 0 amide bonds. The molecule has 2 atom stereocenters. The van der Waals surface area contributed by atoms with E-state index < -0.39 is 0 Å². The van der Waals surface area contributed by atoms with Gasteiger partial charge in [0.25, 0.3) is 0 Å². The van der Waals surface area contributed by atoms with Gasteiger partial charge in [-0.1, -0.05) is 25.9 Å². The van der Waals surface area contributed by atoms with Crippen LogP contribution < -0.4 is 5.73 Å². The quantitative estimate of drug-likeness (QED) is 0.878. The number of nitrogens with zero attached hydrogens (tertiary/aromatic N) is 3. The van der Waals surface area contributed by atoms with Gasteiger partial charge in [0.1, 0.15) is 0 Å². The first-order valence-corrected chi connectivity index (χ1v) is 6.82. The number of piperidine rings is 1. The van der Waals surface area contributed by atoms with Crippen molar-refractivity contribution in [2.75, 3.05) is 13.1 Å². The minimum absolute atomic E-state index is 0.270. The summed E-state index contributed by atoms with van der Waals surface area (Å²) in [6.45, 7) is 9.26. The molecule has 0 aliphatic carbocycles. The number of nitrogens with two attached hydrogens (primary N) is 1. The molecule has 1 aliphatic heterocycles. The molecule has 1 aliphatic rings. The summed E-state index contributed by atoms with van der Waals surface area (Å²) in [5.41, 5.74) is 6.03. The zero-order valence-corrected chi connectivity index (χ0v) is 11.6. The highest BCUT2D eigenvalue weighted by molar-refractivity contribution is 4.89. The van der Waals surface area contributed by atoms with E-state index in [1.54, 1.807) is 0 Å². The minimum atomic E-state index is 0.270. The molecular weight excluding hydrogens is 228 g/mol. The highest BCUT2D eigenvalue weighted by atomic mass is 16.5. The molecule has 1 aromatic rings. The van der Waals surface area contributed by atoms with Crippen LogP contribution in [-0.4, -0.2) is 34.2 Å². The first-order chi connectivity index (χ1) is 8.52. The summed E-state index contributed by atoms with van der Waals surface area (Å²) >= 11 is 0. The van der Waals surface area contributed by atoms with Crippen molar-refractivity contribution in [3.63, 3.8) is 0 Å². The van der Waals surface area contributed by atoms with Crippen molar-refractivity contribution in [3.8, 4) is 0 Å². The Morgan fingerprint density at radius 3 is 2.89 bits per heavy atom. The van der Waals surface area contributed by atoms with Gasteiger partial charge in [-0.2, -0.15) is 4.98 Å². The summed E-state index contributed by atoms with van der Waals surface area (Å²) in [6.07, 6.45) is 1.98. The molecule has 1 aromatic heterocycles. The van der Waals surface area contributed by atoms with Crippen molar-refractivity contribution in [1.29, 1.82) is 0 Å². The van der Waals surface area contributed by atoms with Crippen LogP contribution in [0.15, 0.2) is 4.52 Å². The van der Waals surface area contributed by atoms with Crippen molar-refractivity contribution in [3.05, 3.63) is 11.7 Å². The fourth-order valence-electron chi connectivity index (χ4n) is 2.64. The van der Waals surface area contributed by atoms with Gasteiger partial charge in [0.15, 0.2) is 5.82 Å². The van der Waals surface area contributed by atoms with Gasteiger partial charge in [-0.3, -0.25) is 4.90 Å². The average molecular weight is 252 g/mol. The van der Waals surface area contributed by atoms with Crippen molar-refractivity contribution < 1.29 is 4.52 Å². The van der Waals surface area contributed by atoms with Crippen molar-refractivity contribution >= 4 is 0 Å². The molecule has 5 nitrogen and oxygen atoms in total. The molecule has 18 heavy (non-hydrogen) atoms. The van der Waals surface area contributed by atoms with Gasteiger partial charge < -0.3 is 10.3 Å². The van der Waals surface area contributed by atoms with Crippen molar-refractivity contribution in [2.45, 2.75) is 46.2 Å². The number of aromatic nitrogens is 2. The summed E-state index contributed by atoms with van der Waals surface area (Å²) in [5.74, 6) is 2.73. The van der Waals surface area contributed by atoms with E-state index in [1.807, 2.05) is 0 Å². The number of likely N-dealkylation sites (tertiary alicyclic amines) is 1. The van der Waals surface area contributed by atoms with Crippen LogP contribution in [-0.2, 0) is 13.0 Å². The Bertz CT molecular complexity index is 367. The van der Waals surface area contributed by atoms with Crippen LogP contribution in [0.25, 0.3) is 0 Å². The predicted molar refractivity (Wildman–Crippen MR) is 69.9 cm³/mol. The Balaban J connectivity index is 1.90. The Morgan fingerprint density at radius 1 is 1.44 bits per heavy atom. The molecule has 2 N–H and O–H groups in total. The molecule has 0 radical (unpaired) electrons. The van der Waals surface area contributed by atoms with Crippen LogP contribution in [0.3, 0.4) is 0 Å². The SMILES string of the molecule is CC(C)Cc1noc(CN2CC(C)CC(N)C2)n1. The first kappa shape index (κ1) is 13.5. The normalized spacial score (nSPS) is 25.8. The lowest BCUT2D eigenvalue weighted by Gasteiger charge is -2.33. The second-order valence-electron chi connectivity index (χ2n) is 6.00. The molecule has 2 unspecified atom stereocenters. The lowest BCUT2D eigenvalue weighted by molar-refractivity contribution is 0.142. The summed E-state index contributed by atoms with van der Waals surface area (Å²) in [5, 5.41) is 4.02. The molecular formula is C13H24N4O. The van der Waals surface area contributed by atoms with Gasteiger partial charge in [-0.05, 0) is 18.3 Å². The van der Waals surface area contributed by atoms with Gasteiger partial charge >= 0.3 is 0 Å². The zero-order chi connectivity index (χ0) is 13.1. The fraction of sp³-hybridized carbons (Fsp3) is 0.846. The summed E-state index contributed by atoms with van der Waals surface area (Å²) in [4.78, 5) is 6.75. The Labute approximate surface area is 109 Å². The van der Waals surface area contributed by atoms with Gasteiger partial charge in [-0.25, -0.2) is 0 Å². The van der Waals surface area contributed by atoms with E-state index in [1.165, 1.54) is 0 Å². The molecule has 0 saturated carbocycles. The Morgan fingerprint density at radius 2 is 2.22 bits per heavy atom. The third kappa shape index (κ3) is 3.78. The fourth-order valence-corrected chi connectivity index (χ4v) is 2.64. The summed E-state index contributed by atoms with van der Waals surface area (Å²) < 4.78 is 5.30. The van der Waals surface area contributed by atoms with E-state index in [4.69, 9.17) is 10.3 Å². The molecule has 0 aromatic carbocycles. The second-order valence-corrected chi connectivity index (χ2v) is 6.00. The van der Waals surface area contributed by atoms with Crippen LogP contribution in [0.4, 0.5) is 0 Å². The van der Waals surface area contributed by atoms with E-state index in [-0.39, 0.29) is 6.04 Å². The molecule has 2 rings (SSSR count). The third-order valence-corrected chi connectivity index (χ3v) is 3.23. The topological polar surface area (TPSA) is 68.2 Å². The van der Waals surface area contributed by atoms with E-state index >= 15 is 0 Å². The summed E-state index contributed by atoms with van der Waals surface area (Å²) in [6, 6.07) is 0.270. The lowest BCUT2D eigenvalue weighted by Crippen LogP contribution is -2.45. The van der Waals surface area contributed by atoms with Crippen LogP contribution in [0.1, 0.15) is 38.9 Å². The molecule has 0 bridgehead atoms. The van der Waals surface area contributed by atoms with Crippen molar-refractivity contribution in [1.82, 2.24) is 15.0 Å². The Kier molecular flexibility index (Phi) is 4.35. The predicted octanol–water partition coefficient (Wildman–Crippen LogP) is 1.44. The number of hydrogen-bond donors (Lipinski definition) is 1. The second kappa shape index (κ2) is 5.80. The van der Waals surface area contributed by atoms with Crippen LogP contribution in [0.5, 0.6) is 0 Å². The van der Waals surface area contributed by atoms with E-state index in [2.05, 4.69) is 35.8 Å². The van der Waals surface area contributed by atoms with E-state index in [0.29, 0.717) is 17.7 Å². The molecule has 5 heteroatoms. The smallest absolute Gasteiger partial charge is 0.240 e. The molecule has 102 valence electrons. The first-order valence-electron chi connectivity index (χ1n) is 6.82. The van der Waals surface area contributed by atoms with Crippen LogP contribution in [0.2, 0.25) is 0 Å².